The van der Waals surface area contributed by atoms with Gasteiger partial charge in [-0.25, -0.2) is 9.69 Å². The minimum atomic E-state index is -0.846. The van der Waals surface area contributed by atoms with Crippen molar-refractivity contribution in [3.63, 3.8) is 0 Å². The van der Waals surface area contributed by atoms with Crippen LogP contribution in [-0.4, -0.2) is 24.5 Å². The number of carbonyl (C=O) groups excluding carboxylic acids is 3. The summed E-state index contributed by atoms with van der Waals surface area (Å²) in [5.41, 5.74) is 3.47. The molecule has 0 atom stereocenters. The summed E-state index contributed by atoms with van der Waals surface area (Å²) in [6.45, 7) is 6.39. The van der Waals surface area contributed by atoms with Crippen LogP contribution in [0.15, 0.2) is 64.6 Å². The number of rotatable bonds is 7. The number of barbiturate groups is 1. The van der Waals surface area contributed by atoms with Gasteiger partial charge in [0.05, 0.1) is 12.3 Å². The molecule has 1 saturated heterocycles. The van der Waals surface area contributed by atoms with Crippen molar-refractivity contribution >= 4 is 57.1 Å². The number of imide groups is 2. The molecule has 0 aromatic heterocycles. The third-order valence-corrected chi connectivity index (χ3v) is 6.75. The van der Waals surface area contributed by atoms with E-state index in [1.54, 1.807) is 31.2 Å². The number of nitrogens with zero attached hydrogens (tertiary/aromatic N) is 1. The predicted molar refractivity (Wildman–Crippen MR) is 146 cm³/mol. The molecule has 0 bridgehead atoms. The summed E-state index contributed by atoms with van der Waals surface area (Å²) in [7, 11) is 0. The third kappa shape index (κ3) is 5.87. The highest BCUT2D eigenvalue weighted by atomic mass is 79.9. The maximum absolute atomic E-state index is 13.3. The Kier molecular flexibility index (Phi) is 8.00. The lowest BCUT2D eigenvalue weighted by atomic mass is 10.1. The molecule has 0 radical (unpaired) electrons. The zero-order chi connectivity index (χ0) is 26.7. The highest BCUT2D eigenvalue weighted by Gasteiger charge is 2.37. The van der Waals surface area contributed by atoms with Gasteiger partial charge in [0.2, 0.25) is 0 Å². The van der Waals surface area contributed by atoms with E-state index in [1.165, 1.54) is 12.1 Å². The molecule has 37 heavy (non-hydrogen) atoms. The zero-order valence-corrected chi connectivity index (χ0v) is 22.8. The number of urea groups is 1. The van der Waals surface area contributed by atoms with E-state index in [1.807, 2.05) is 38.1 Å². The van der Waals surface area contributed by atoms with Crippen molar-refractivity contribution < 1.29 is 23.9 Å². The second-order valence-electron chi connectivity index (χ2n) is 8.42. The first-order valence-corrected chi connectivity index (χ1v) is 12.7. The first-order valence-electron chi connectivity index (χ1n) is 11.5. The molecule has 0 saturated carbocycles. The third-order valence-electron chi connectivity index (χ3n) is 5.65. The van der Waals surface area contributed by atoms with Crippen LogP contribution < -0.4 is 19.7 Å². The Balaban J connectivity index is 1.67. The first-order chi connectivity index (χ1) is 17.7. The number of halogens is 2. The molecular weight excluding hydrogens is 560 g/mol. The minimum absolute atomic E-state index is 0.215. The lowest BCUT2D eigenvalue weighted by Crippen LogP contribution is -2.54. The van der Waals surface area contributed by atoms with Crippen LogP contribution in [0.1, 0.15) is 29.2 Å². The lowest BCUT2D eigenvalue weighted by Gasteiger charge is -2.26. The largest absolute Gasteiger partial charge is 0.490 e. The Bertz CT molecular complexity index is 1440. The molecule has 9 heteroatoms. The molecule has 4 rings (SSSR count). The summed E-state index contributed by atoms with van der Waals surface area (Å²) >= 11 is 9.70. The molecule has 1 heterocycles. The van der Waals surface area contributed by atoms with Crippen molar-refractivity contribution in [2.75, 3.05) is 11.5 Å². The van der Waals surface area contributed by atoms with Crippen molar-refractivity contribution in [3.8, 4) is 11.5 Å². The van der Waals surface area contributed by atoms with Gasteiger partial charge in [0.15, 0.2) is 11.5 Å². The number of aryl methyl sites for hydroxylation is 2. The smallest absolute Gasteiger partial charge is 0.335 e. The normalized spacial score (nSPS) is 14.7. The maximum atomic E-state index is 13.3. The van der Waals surface area contributed by atoms with Crippen LogP contribution in [-0.2, 0) is 16.2 Å². The van der Waals surface area contributed by atoms with E-state index >= 15 is 0 Å². The SMILES string of the molecule is CCOc1cc(/C=C2/C(=O)NC(=O)N(c3ccc(C)c(Cl)c3)C2=O)c(Br)cc1OCc1cccc(C)c1. The molecule has 3 aromatic carbocycles. The first kappa shape index (κ1) is 26.4. The fourth-order valence-corrected chi connectivity index (χ4v) is 4.39. The summed E-state index contributed by atoms with van der Waals surface area (Å²) in [6, 6.07) is 15.3. The summed E-state index contributed by atoms with van der Waals surface area (Å²) < 4.78 is 12.4. The second-order valence-corrected chi connectivity index (χ2v) is 9.68. The predicted octanol–water partition coefficient (Wildman–Crippen LogP) is 6.36. The fourth-order valence-electron chi connectivity index (χ4n) is 3.77. The van der Waals surface area contributed by atoms with Gasteiger partial charge >= 0.3 is 6.03 Å². The van der Waals surface area contributed by atoms with Gasteiger partial charge in [-0.1, -0.05) is 63.4 Å². The number of carbonyl (C=O) groups is 3. The number of hydrogen-bond donors (Lipinski definition) is 1. The summed E-state index contributed by atoms with van der Waals surface area (Å²) in [5, 5.41) is 2.62. The average molecular weight is 584 g/mol. The van der Waals surface area contributed by atoms with E-state index < -0.39 is 17.8 Å². The van der Waals surface area contributed by atoms with Gasteiger partial charge in [0.1, 0.15) is 12.2 Å². The number of hydrogen-bond acceptors (Lipinski definition) is 5. The monoisotopic (exact) mass is 582 g/mol. The maximum Gasteiger partial charge on any atom is 0.335 e. The average Bonchev–Trinajstić information content (AvgIpc) is 2.84. The Morgan fingerprint density at radius 3 is 2.46 bits per heavy atom. The quantitative estimate of drug-likeness (QED) is 0.258. The van der Waals surface area contributed by atoms with Gasteiger partial charge in [0, 0.05) is 9.50 Å². The lowest BCUT2D eigenvalue weighted by molar-refractivity contribution is -0.122. The van der Waals surface area contributed by atoms with Gasteiger partial charge in [-0.05, 0) is 67.8 Å². The molecular formula is C28H24BrClN2O5. The number of anilines is 1. The van der Waals surface area contributed by atoms with E-state index in [0.29, 0.717) is 39.8 Å². The van der Waals surface area contributed by atoms with Gasteiger partial charge in [0.25, 0.3) is 11.8 Å². The van der Waals surface area contributed by atoms with Crippen LogP contribution in [0.4, 0.5) is 10.5 Å². The summed E-state index contributed by atoms with van der Waals surface area (Å²) in [4.78, 5) is 39.3. The molecule has 0 spiro atoms. The van der Waals surface area contributed by atoms with Crippen molar-refractivity contribution in [2.24, 2.45) is 0 Å². The molecule has 1 fully saturated rings. The molecule has 7 nitrogen and oxygen atoms in total. The van der Waals surface area contributed by atoms with E-state index in [2.05, 4.69) is 21.2 Å². The Morgan fingerprint density at radius 1 is 1.00 bits per heavy atom. The zero-order valence-electron chi connectivity index (χ0n) is 20.4. The fraction of sp³-hybridized carbons (Fsp3) is 0.179. The second kappa shape index (κ2) is 11.2. The molecule has 3 aromatic rings. The van der Waals surface area contributed by atoms with Crippen molar-refractivity contribution in [1.82, 2.24) is 5.32 Å². The molecule has 190 valence electrons. The van der Waals surface area contributed by atoms with Gasteiger partial charge in [-0.2, -0.15) is 0 Å². The van der Waals surface area contributed by atoms with Crippen molar-refractivity contribution in [3.05, 3.63) is 91.9 Å². The Morgan fingerprint density at radius 2 is 1.76 bits per heavy atom. The van der Waals surface area contributed by atoms with Gasteiger partial charge in [-0.15, -0.1) is 0 Å². The van der Waals surface area contributed by atoms with E-state index in [0.717, 1.165) is 21.6 Å². The number of benzene rings is 3. The standard InChI is InChI=1S/C28H24BrClN2O5/c1-4-36-24-12-19(22(29)14-25(24)37-15-18-7-5-6-16(2)10-18)11-21-26(33)31-28(35)32(27(21)34)20-9-8-17(3)23(30)13-20/h5-14H,4,15H2,1-3H3,(H,31,33,35)/b21-11-. The van der Waals surface area contributed by atoms with Crippen LogP contribution in [0.2, 0.25) is 5.02 Å². The number of amides is 4. The Hall–Kier alpha value is -3.62. The van der Waals surface area contributed by atoms with Crippen LogP contribution in [0, 0.1) is 13.8 Å². The Labute approximate surface area is 228 Å². The van der Waals surface area contributed by atoms with Crippen molar-refractivity contribution in [1.29, 1.82) is 0 Å². The number of ether oxygens (including phenoxy) is 2. The minimum Gasteiger partial charge on any atom is -0.490 e. The van der Waals surface area contributed by atoms with Crippen LogP contribution in [0.5, 0.6) is 11.5 Å². The molecule has 1 aliphatic heterocycles. The van der Waals surface area contributed by atoms with Crippen LogP contribution in [0.25, 0.3) is 6.08 Å². The highest BCUT2D eigenvalue weighted by Crippen LogP contribution is 2.36. The molecule has 0 unspecified atom stereocenters. The van der Waals surface area contributed by atoms with Crippen LogP contribution in [0.3, 0.4) is 0 Å². The van der Waals surface area contributed by atoms with E-state index in [9.17, 15) is 14.4 Å². The van der Waals surface area contributed by atoms with Gasteiger partial charge < -0.3 is 9.47 Å². The van der Waals surface area contributed by atoms with Crippen LogP contribution >= 0.6 is 27.5 Å². The number of nitrogens with one attached hydrogen (secondary N) is 1. The summed E-state index contributed by atoms with van der Waals surface area (Å²) in [6.07, 6.45) is 1.41. The highest BCUT2D eigenvalue weighted by molar-refractivity contribution is 9.10. The molecule has 1 aliphatic rings. The van der Waals surface area contributed by atoms with Crippen molar-refractivity contribution in [2.45, 2.75) is 27.4 Å². The molecule has 1 N–H and O–H groups in total. The van der Waals surface area contributed by atoms with E-state index in [4.69, 9.17) is 21.1 Å². The topological polar surface area (TPSA) is 84.9 Å². The van der Waals surface area contributed by atoms with Gasteiger partial charge in [-0.3, -0.25) is 14.9 Å². The van der Waals surface area contributed by atoms with E-state index in [-0.39, 0.29) is 11.3 Å². The summed E-state index contributed by atoms with van der Waals surface area (Å²) in [5.74, 6) is -0.609. The molecule has 0 aliphatic carbocycles. The molecule has 4 amide bonds.